The Morgan fingerprint density at radius 2 is 1.81 bits per heavy atom. The Balaban J connectivity index is 2.06. The minimum Gasteiger partial charge on any atom is -0.385 e. The molecule has 2 rings (SSSR count). The van der Waals surface area contributed by atoms with Crippen molar-refractivity contribution in [3.63, 3.8) is 0 Å². The van der Waals surface area contributed by atoms with Gasteiger partial charge >= 0.3 is 0 Å². The monoisotopic (exact) mass is 371 g/mol. The summed E-state index contributed by atoms with van der Waals surface area (Å²) in [5, 5.41) is 16.5. The van der Waals surface area contributed by atoms with Gasteiger partial charge in [0.05, 0.1) is 22.6 Å². The molecular formula is C19H21N3O5. The van der Waals surface area contributed by atoms with Crippen LogP contribution >= 0.6 is 0 Å². The molecule has 0 radical (unpaired) electrons. The van der Waals surface area contributed by atoms with Crippen LogP contribution in [-0.2, 0) is 16.0 Å². The average Bonchev–Trinajstić information content (AvgIpc) is 2.65. The summed E-state index contributed by atoms with van der Waals surface area (Å²) in [6, 6.07) is 12.7. The molecule has 0 fully saturated rings. The van der Waals surface area contributed by atoms with Crippen molar-refractivity contribution >= 4 is 23.2 Å². The van der Waals surface area contributed by atoms with Crippen molar-refractivity contribution in [3.8, 4) is 0 Å². The SMILES string of the molecule is COCCCNC(=O)c1ccccc1NC(=O)Cc1ccccc1[N+](=O)[O-]. The van der Waals surface area contributed by atoms with Crippen molar-refractivity contribution in [2.45, 2.75) is 12.8 Å². The van der Waals surface area contributed by atoms with Crippen LogP contribution in [0.3, 0.4) is 0 Å². The number of benzene rings is 2. The summed E-state index contributed by atoms with van der Waals surface area (Å²) in [5.41, 5.74) is 0.870. The second-order valence-electron chi connectivity index (χ2n) is 5.76. The fraction of sp³-hybridized carbons (Fsp3) is 0.263. The van der Waals surface area contributed by atoms with Crippen molar-refractivity contribution in [1.29, 1.82) is 0 Å². The van der Waals surface area contributed by atoms with Crippen molar-refractivity contribution < 1.29 is 19.2 Å². The number of nitrogens with one attached hydrogen (secondary N) is 2. The van der Waals surface area contributed by atoms with Crippen LogP contribution in [0.1, 0.15) is 22.3 Å². The number of para-hydroxylation sites is 2. The van der Waals surface area contributed by atoms with E-state index in [-0.39, 0.29) is 18.0 Å². The molecule has 0 saturated heterocycles. The maximum Gasteiger partial charge on any atom is 0.273 e. The molecule has 8 nitrogen and oxygen atoms in total. The van der Waals surface area contributed by atoms with Gasteiger partial charge in [-0.05, 0) is 18.6 Å². The Kier molecular flexibility index (Phi) is 7.45. The van der Waals surface area contributed by atoms with Gasteiger partial charge in [0.15, 0.2) is 0 Å². The summed E-state index contributed by atoms with van der Waals surface area (Å²) in [7, 11) is 1.59. The van der Waals surface area contributed by atoms with Crippen molar-refractivity contribution in [2.75, 3.05) is 25.6 Å². The van der Waals surface area contributed by atoms with Crippen LogP contribution in [0.4, 0.5) is 11.4 Å². The summed E-state index contributed by atoms with van der Waals surface area (Å²) in [6.07, 6.45) is 0.509. The number of hydrogen-bond donors (Lipinski definition) is 2. The van der Waals surface area contributed by atoms with E-state index in [1.807, 2.05) is 0 Å². The number of ether oxygens (including phenoxy) is 1. The lowest BCUT2D eigenvalue weighted by Gasteiger charge is -2.11. The largest absolute Gasteiger partial charge is 0.385 e. The van der Waals surface area contributed by atoms with E-state index in [4.69, 9.17) is 4.74 Å². The molecule has 2 N–H and O–H groups in total. The molecule has 0 bridgehead atoms. The highest BCUT2D eigenvalue weighted by Gasteiger charge is 2.17. The normalized spacial score (nSPS) is 10.3. The zero-order valence-electron chi connectivity index (χ0n) is 14.9. The van der Waals surface area contributed by atoms with Gasteiger partial charge < -0.3 is 15.4 Å². The Bertz CT molecular complexity index is 822. The molecule has 0 aromatic heterocycles. The first-order valence-corrected chi connectivity index (χ1v) is 8.41. The number of nitrogens with zero attached hydrogens (tertiary/aromatic N) is 1. The highest BCUT2D eigenvalue weighted by Crippen LogP contribution is 2.20. The van der Waals surface area contributed by atoms with Crippen molar-refractivity contribution in [2.24, 2.45) is 0 Å². The molecule has 0 aliphatic heterocycles. The maximum atomic E-state index is 12.3. The molecule has 8 heteroatoms. The lowest BCUT2D eigenvalue weighted by molar-refractivity contribution is -0.385. The first-order chi connectivity index (χ1) is 13.0. The summed E-state index contributed by atoms with van der Waals surface area (Å²) < 4.78 is 4.93. The Morgan fingerprint density at radius 3 is 2.56 bits per heavy atom. The van der Waals surface area contributed by atoms with Crippen LogP contribution < -0.4 is 10.6 Å². The van der Waals surface area contributed by atoms with Gasteiger partial charge in [-0.2, -0.15) is 0 Å². The van der Waals surface area contributed by atoms with E-state index in [1.165, 1.54) is 12.1 Å². The first kappa shape index (κ1) is 20.1. The van der Waals surface area contributed by atoms with Crippen LogP contribution in [0.2, 0.25) is 0 Å². The second kappa shape index (κ2) is 10.0. The van der Waals surface area contributed by atoms with Gasteiger partial charge in [-0.1, -0.05) is 30.3 Å². The molecule has 0 saturated carbocycles. The number of anilines is 1. The van der Waals surface area contributed by atoms with E-state index in [0.29, 0.717) is 36.4 Å². The van der Waals surface area contributed by atoms with Gasteiger partial charge in [-0.3, -0.25) is 19.7 Å². The van der Waals surface area contributed by atoms with Gasteiger partial charge in [0.2, 0.25) is 5.91 Å². The van der Waals surface area contributed by atoms with E-state index in [1.54, 1.807) is 43.5 Å². The molecule has 2 aromatic carbocycles. The van der Waals surface area contributed by atoms with E-state index in [2.05, 4.69) is 10.6 Å². The van der Waals surface area contributed by atoms with E-state index in [9.17, 15) is 19.7 Å². The lowest BCUT2D eigenvalue weighted by Crippen LogP contribution is -2.27. The van der Waals surface area contributed by atoms with E-state index in [0.717, 1.165) is 0 Å². The zero-order chi connectivity index (χ0) is 19.6. The molecule has 0 heterocycles. The summed E-state index contributed by atoms with van der Waals surface area (Å²) in [6.45, 7) is 0.986. The number of rotatable bonds is 9. The molecule has 2 aromatic rings. The van der Waals surface area contributed by atoms with Gasteiger partial charge in [-0.15, -0.1) is 0 Å². The number of nitro benzene ring substituents is 1. The van der Waals surface area contributed by atoms with Gasteiger partial charge in [0.25, 0.3) is 11.6 Å². The van der Waals surface area contributed by atoms with Crippen LogP contribution in [0.15, 0.2) is 48.5 Å². The molecular weight excluding hydrogens is 350 g/mol. The number of carbonyl (C=O) groups is 2. The van der Waals surface area contributed by atoms with Crippen molar-refractivity contribution in [1.82, 2.24) is 5.32 Å². The van der Waals surface area contributed by atoms with Gasteiger partial charge in [0.1, 0.15) is 0 Å². The Hall–Kier alpha value is -3.26. The number of nitro groups is 1. The minimum absolute atomic E-state index is 0.114. The molecule has 0 spiro atoms. The Morgan fingerprint density at radius 1 is 1.11 bits per heavy atom. The van der Waals surface area contributed by atoms with Crippen LogP contribution in [0.5, 0.6) is 0 Å². The molecule has 0 aliphatic rings. The smallest absolute Gasteiger partial charge is 0.273 e. The third-order valence-corrected chi connectivity index (χ3v) is 3.80. The molecule has 0 aliphatic carbocycles. The third-order valence-electron chi connectivity index (χ3n) is 3.80. The van der Waals surface area contributed by atoms with E-state index >= 15 is 0 Å². The van der Waals surface area contributed by atoms with Crippen LogP contribution in [-0.4, -0.2) is 37.0 Å². The molecule has 0 unspecified atom stereocenters. The predicted octanol–water partition coefficient (Wildman–Crippen LogP) is 2.54. The topological polar surface area (TPSA) is 111 Å². The minimum atomic E-state index is -0.524. The Labute approximate surface area is 156 Å². The first-order valence-electron chi connectivity index (χ1n) is 8.41. The second-order valence-corrected chi connectivity index (χ2v) is 5.76. The highest BCUT2D eigenvalue weighted by atomic mass is 16.6. The highest BCUT2D eigenvalue weighted by molar-refractivity contribution is 6.04. The summed E-state index contributed by atoms with van der Waals surface area (Å²) >= 11 is 0. The van der Waals surface area contributed by atoms with Crippen LogP contribution in [0, 0.1) is 10.1 Å². The quantitative estimate of drug-likeness (QED) is 0.400. The van der Waals surface area contributed by atoms with E-state index < -0.39 is 10.8 Å². The molecule has 142 valence electrons. The van der Waals surface area contributed by atoms with Crippen molar-refractivity contribution in [3.05, 3.63) is 69.8 Å². The maximum absolute atomic E-state index is 12.3. The summed E-state index contributed by atoms with van der Waals surface area (Å²) in [5.74, 6) is -0.753. The summed E-state index contributed by atoms with van der Waals surface area (Å²) in [4.78, 5) is 35.2. The molecule has 27 heavy (non-hydrogen) atoms. The zero-order valence-corrected chi connectivity index (χ0v) is 14.9. The van der Waals surface area contributed by atoms with Gasteiger partial charge in [-0.25, -0.2) is 0 Å². The molecule has 0 atom stereocenters. The van der Waals surface area contributed by atoms with Crippen LogP contribution in [0.25, 0.3) is 0 Å². The molecule has 2 amide bonds. The average molecular weight is 371 g/mol. The standard InChI is InChI=1S/C19H21N3O5/c1-27-12-6-11-20-19(24)15-8-3-4-9-16(15)21-18(23)13-14-7-2-5-10-17(14)22(25)26/h2-5,7-10H,6,11-13H2,1H3,(H,20,24)(H,21,23). The number of hydrogen-bond acceptors (Lipinski definition) is 5. The fourth-order valence-electron chi connectivity index (χ4n) is 2.51. The van der Waals surface area contributed by atoms with Gasteiger partial charge in [0, 0.05) is 31.9 Å². The lowest BCUT2D eigenvalue weighted by atomic mass is 10.1. The number of carbonyl (C=O) groups excluding carboxylic acids is 2. The predicted molar refractivity (Wildman–Crippen MR) is 101 cm³/mol. The fourth-order valence-corrected chi connectivity index (χ4v) is 2.51. The number of methoxy groups -OCH3 is 1. The number of amides is 2. The third kappa shape index (κ3) is 5.89.